The van der Waals surface area contributed by atoms with E-state index in [0.717, 1.165) is 67.8 Å². The topological polar surface area (TPSA) is 58.2 Å². The Kier molecular flexibility index (Phi) is 9.31. The van der Waals surface area contributed by atoms with Gasteiger partial charge >= 0.3 is 12.4 Å². The summed E-state index contributed by atoms with van der Waals surface area (Å²) in [5.41, 5.74) is -1.30. The Bertz CT molecular complexity index is 831. The van der Waals surface area contributed by atoms with Crippen molar-refractivity contribution in [3.8, 4) is 0 Å². The summed E-state index contributed by atoms with van der Waals surface area (Å²) in [7, 11) is 0. The van der Waals surface area contributed by atoms with Gasteiger partial charge in [0.1, 0.15) is 0 Å². The van der Waals surface area contributed by atoms with Crippen molar-refractivity contribution in [2.24, 2.45) is 0 Å². The fourth-order valence-electron chi connectivity index (χ4n) is 3.01. The summed E-state index contributed by atoms with van der Waals surface area (Å²) in [6.07, 6.45) is -5.00. The largest absolute Gasteiger partial charge is 0.416 e. The zero-order valence-electron chi connectivity index (χ0n) is 17.7. The summed E-state index contributed by atoms with van der Waals surface area (Å²) < 4.78 is 75.2. The van der Waals surface area contributed by atoms with Crippen LogP contribution in [-0.2, 0) is 12.4 Å². The van der Waals surface area contributed by atoms with Gasteiger partial charge in [-0.25, -0.2) is 0 Å². The molecule has 0 saturated heterocycles. The van der Waals surface area contributed by atoms with Gasteiger partial charge in [0.25, 0.3) is 11.8 Å². The van der Waals surface area contributed by atoms with Crippen molar-refractivity contribution in [2.75, 3.05) is 13.1 Å². The molecule has 0 heterocycles. The maximum absolute atomic E-state index is 12.5. The summed E-state index contributed by atoms with van der Waals surface area (Å²) >= 11 is 0. The molecule has 0 radical (unpaired) electrons. The van der Waals surface area contributed by atoms with Crippen LogP contribution in [0.5, 0.6) is 0 Å². The predicted octanol–water partition coefficient (Wildman–Crippen LogP) is 5.83. The molecular weight excluding hydrogens is 450 g/mol. The molecule has 2 aromatic carbocycles. The smallest absolute Gasteiger partial charge is 0.352 e. The molecule has 0 aliphatic heterocycles. The van der Waals surface area contributed by atoms with Gasteiger partial charge in [-0.1, -0.05) is 19.3 Å². The van der Waals surface area contributed by atoms with Crippen LogP contribution in [-0.4, -0.2) is 24.9 Å². The van der Waals surface area contributed by atoms with E-state index in [1.807, 2.05) is 0 Å². The number of nitrogens with one attached hydrogen (secondary N) is 2. The summed E-state index contributed by atoms with van der Waals surface area (Å²) in [4.78, 5) is 23.9. The average molecular weight is 474 g/mol. The van der Waals surface area contributed by atoms with E-state index in [0.29, 0.717) is 25.9 Å². The summed E-state index contributed by atoms with van der Waals surface area (Å²) in [6.45, 7) is 0.787. The maximum atomic E-state index is 12.5. The van der Waals surface area contributed by atoms with E-state index < -0.39 is 35.3 Å². The molecule has 0 saturated carbocycles. The molecule has 2 aromatic rings. The third-order valence-corrected chi connectivity index (χ3v) is 4.87. The molecule has 0 aliphatic carbocycles. The summed E-state index contributed by atoms with van der Waals surface area (Å²) in [5, 5.41) is 5.32. The summed E-state index contributed by atoms with van der Waals surface area (Å²) in [5.74, 6) is -0.871. The number of halogens is 6. The Morgan fingerprint density at radius 1 is 0.545 bits per heavy atom. The predicted molar refractivity (Wildman–Crippen MR) is 111 cm³/mol. The lowest BCUT2D eigenvalue weighted by Gasteiger charge is -2.09. The zero-order valence-corrected chi connectivity index (χ0v) is 17.7. The van der Waals surface area contributed by atoms with Crippen molar-refractivity contribution in [1.82, 2.24) is 10.6 Å². The first-order valence-corrected chi connectivity index (χ1v) is 10.4. The van der Waals surface area contributed by atoms with E-state index >= 15 is 0 Å². The van der Waals surface area contributed by atoms with Crippen LogP contribution < -0.4 is 10.6 Å². The molecular formula is C23H24F6N2O2. The van der Waals surface area contributed by atoms with Gasteiger partial charge in [-0.3, -0.25) is 9.59 Å². The van der Waals surface area contributed by atoms with Gasteiger partial charge in [0.05, 0.1) is 11.1 Å². The number of hydrogen-bond acceptors (Lipinski definition) is 2. The molecule has 2 amide bonds. The molecule has 180 valence electrons. The van der Waals surface area contributed by atoms with Crippen LogP contribution in [0.3, 0.4) is 0 Å². The minimum atomic E-state index is -4.44. The number of carbonyl (C=O) groups excluding carboxylic acids is 2. The normalized spacial score (nSPS) is 11.8. The van der Waals surface area contributed by atoms with E-state index in [-0.39, 0.29) is 11.1 Å². The van der Waals surface area contributed by atoms with Crippen molar-refractivity contribution in [3.63, 3.8) is 0 Å². The lowest BCUT2D eigenvalue weighted by molar-refractivity contribution is -0.138. The quantitative estimate of drug-likeness (QED) is 0.336. The highest BCUT2D eigenvalue weighted by atomic mass is 19.4. The number of alkyl halides is 6. The monoisotopic (exact) mass is 474 g/mol. The third-order valence-electron chi connectivity index (χ3n) is 4.87. The van der Waals surface area contributed by atoms with Gasteiger partial charge in [0.15, 0.2) is 0 Å². The molecule has 0 atom stereocenters. The Hall–Kier alpha value is -3.04. The van der Waals surface area contributed by atoms with Crippen LogP contribution in [0.1, 0.15) is 63.9 Å². The molecule has 33 heavy (non-hydrogen) atoms. The van der Waals surface area contributed by atoms with Gasteiger partial charge in [0, 0.05) is 24.2 Å². The second kappa shape index (κ2) is 11.7. The molecule has 2 N–H and O–H groups in total. The maximum Gasteiger partial charge on any atom is 0.416 e. The molecule has 4 nitrogen and oxygen atoms in total. The van der Waals surface area contributed by atoms with E-state index in [2.05, 4.69) is 10.6 Å². The minimum absolute atomic E-state index is 0.159. The fourth-order valence-corrected chi connectivity index (χ4v) is 3.01. The number of carbonyl (C=O) groups is 2. The van der Waals surface area contributed by atoms with Crippen LogP contribution in [0.2, 0.25) is 0 Å². The standard InChI is InChI=1S/C23H24F6N2O2/c24-22(25,26)18-10-6-16(7-11-18)20(32)30-14-4-2-1-3-5-15-31-21(33)17-8-12-19(13-9-17)23(27,28)29/h6-13H,1-5,14-15H2,(H,30,32)(H,31,33). The van der Waals surface area contributed by atoms with E-state index in [9.17, 15) is 35.9 Å². The number of benzene rings is 2. The first-order valence-electron chi connectivity index (χ1n) is 10.4. The van der Waals surface area contributed by atoms with Crippen molar-refractivity contribution >= 4 is 11.8 Å². The first kappa shape index (κ1) is 26.2. The highest BCUT2D eigenvalue weighted by molar-refractivity contribution is 5.94. The Morgan fingerprint density at radius 3 is 1.15 bits per heavy atom. The molecule has 0 aromatic heterocycles. The second-order valence-corrected chi connectivity index (χ2v) is 7.43. The molecule has 0 unspecified atom stereocenters. The van der Waals surface area contributed by atoms with E-state index in [1.165, 1.54) is 0 Å². The minimum Gasteiger partial charge on any atom is -0.352 e. The average Bonchev–Trinajstić information content (AvgIpc) is 2.76. The van der Waals surface area contributed by atoms with Gasteiger partial charge in [-0.05, 0) is 61.4 Å². The van der Waals surface area contributed by atoms with Crippen molar-refractivity contribution < 1.29 is 35.9 Å². The first-order chi connectivity index (χ1) is 15.5. The Balaban J connectivity index is 1.54. The molecule has 0 fully saturated rings. The Labute approximate surface area is 187 Å². The van der Waals surface area contributed by atoms with E-state index in [1.54, 1.807) is 0 Å². The number of amides is 2. The van der Waals surface area contributed by atoms with Gasteiger partial charge in [-0.2, -0.15) is 26.3 Å². The van der Waals surface area contributed by atoms with Gasteiger partial charge < -0.3 is 10.6 Å². The summed E-state index contributed by atoms with van der Waals surface area (Å²) in [6, 6.07) is 8.01. The lowest BCUT2D eigenvalue weighted by atomic mass is 10.1. The fraction of sp³-hybridized carbons (Fsp3) is 0.391. The molecule has 10 heteroatoms. The third kappa shape index (κ3) is 8.78. The zero-order chi connectivity index (χ0) is 24.5. The van der Waals surface area contributed by atoms with E-state index in [4.69, 9.17) is 0 Å². The van der Waals surface area contributed by atoms with Crippen LogP contribution in [0.25, 0.3) is 0 Å². The Morgan fingerprint density at radius 2 is 0.848 bits per heavy atom. The number of hydrogen-bond donors (Lipinski definition) is 2. The van der Waals surface area contributed by atoms with Crippen LogP contribution in [0, 0.1) is 0 Å². The second-order valence-electron chi connectivity index (χ2n) is 7.43. The van der Waals surface area contributed by atoms with Crippen molar-refractivity contribution in [1.29, 1.82) is 0 Å². The van der Waals surface area contributed by atoms with Crippen LogP contribution in [0.15, 0.2) is 48.5 Å². The highest BCUT2D eigenvalue weighted by Crippen LogP contribution is 2.29. The lowest BCUT2D eigenvalue weighted by Crippen LogP contribution is -2.25. The van der Waals surface area contributed by atoms with Crippen LogP contribution in [0.4, 0.5) is 26.3 Å². The molecule has 0 aliphatic rings. The van der Waals surface area contributed by atoms with Gasteiger partial charge in [-0.15, -0.1) is 0 Å². The molecule has 0 spiro atoms. The van der Waals surface area contributed by atoms with Crippen LogP contribution >= 0.6 is 0 Å². The highest BCUT2D eigenvalue weighted by Gasteiger charge is 2.31. The van der Waals surface area contributed by atoms with Crippen molar-refractivity contribution in [2.45, 2.75) is 44.5 Å². The number of rotatable bonds is 10. The molecule has 2 rings (SSSR count). The SMILES string of the molecule is O=C(NCCCCCCCNC(=O)c1ccc(C(F)(F)F)cc1)c1ccc(C(F)(F)F)cc1. The molecule has 0 bridgehead atoms. The van der Waals surface area contributed by atoms with Crippen molar-refractivity contribution in [3.05, 3.63) is 70.8 Å². The number of unbranched alkanes of at least 4 members (excludes halogenated alkanes) is 4. The van der Waals surface area contributed by atoms with Gasteiger partial charge in [0.2, 0.25) is 0 Å².